The number of ether oxygens (including phenoxy) is 1. The van der Waals surface area contributed by atoms with E-state index in [9.17, 15) is 4.79 Å². The van der Waals surface area contributed by atoms with Gasteiger partial charge in [-0.15, -0.1) is 0 Å². The van der Waals surface area contributed by atoms with Crippen LogP contribution in [0, 0.1) is 10.5 Å². The average Bonchev–Trinajstić information content (AvgIpc) is 2.75. The van der Waals surface area contributed by atoms with E-state index in [0.717, 1.165) is 27.8 Å². The van der Waals surface area contributed by atoms with Crippen molar-refractivity contribution in [3.05, 3.63) is 27.3 Å². The van der Waals surface area contributed by atoms with Gasteiger partial charge in [0.15, 0.2) is 0 Å². The lowest BCUT2D eigenvalue weighted by molar-refractivity contribution is 0.189. The molecule has 2 rings (SSSR count). The summed E-state index contributed by atoms with van der Waals surface area (Å²) >= 11 is 2.25. The van der Waals surface area contributed by atoms with E-state index in [1.54, 1.807) is 0 Å². The fourth-order valence-corrected chi connectivity index (χ4v) is 2.41. The molecule has 0 aromatic heterocycles. The number of benzene rings is 1. The molecule has 1 saturated heterocycles. The lowest BCUT2D eigenvalue weighted by Gasteiger charge is -2.13. The molecule has 1 aliphatic rings. The van der Waals surface area contributed by atoms with Gasteiger partial charge in [0.1, 0.15) is 0 Å². The summed E-state index contributed by atoms with van der Waals surface area (Å²) in [5, 5.41) is 5.75. The molecule has 2 N–H and O–H groups in total. The minimum atomic E-state index is -0.162. The molecule has 0 spiro atoms. The Balaban J connectivity index is 1.93. The highest BCUT2D eigenvalue weighted by Gasteiger charge is 2.17. The van der Waals surface area contributed by atoms with Gasteiger partial charge in [-0.1, -0.05) is 0 Å². The molecule has 0 radical (unpaired) electrons. The van der Waals surface area contributed by atoms with E-state index >= 15 is 0 Å². The standard InChI is InChI=1S/C12H15IN2O2/c1-8-6-9(13)2-3-11(8)15-12(16)14-10-4-5-17-7-10/h2-3,6,10H,4-5,7H2,1H3,(H2,14,15,16)/t10-/m1/s1. The Kier molecular flexibility index (Phi) is 4.22. The number of aryl methyl sites for hydroxylation is 1. The Morgan fingerprint density at radius 1 is 1.53 bits per heavy atom. The fourth-order valence-electron chi connectivity index (χ4n) is 1.76. The third-order valence-corrected chi connectivity index (χ3v) is 3.37. The van der Waals surface area contributed by atoms with E-state index < -0.39 is 0 Å². The first kappa shape index (κ1) is 12.6. The van der Waals surface area contributed by atoms with Gasteiger partial charge >= 0.3 is 6.03 Å². The van der Waals surface area contributed by atoms with Crippen molar-refractivity contribution in [3.8, 4) is 0 Å². The molecule has 0 bridgehead atoms. The molecule has 92 valence electrons. The Bertz CT molecular complexity index is 417. The number of urea groups is 1. The van der Waals surface area contributed by atoms with Gasteiger partial charge in [0.05, 0.1) is 12.6 Å². The summed E-state index contributed by atoms with van der Waals surface area (Å²) < 4.78 is 6.37. The highest BCUT2D eigenvalue weighted by molar-refractivity contribution is 14.1. The Labute approximate surface area is 114 Å². The second kappa shape index (κ2) is 5.68. The molecular weight excluding hydrogens is 331 g/mol. The Morgan fingerprint density at radius 2 is 2.35 bits per heavy atom. The predicted molar refractivity (Wildman–Crippen MR) is 75.3 cm³/mol. The number of amides is 2. The van der Waals surface area contributed by atoms with Crippen LogP contribution >= 0.6 is 22.6 Å². The van der Waals surface area contributed by atoms with Crippen molar-refractivity contribution in [2.45, 2.75) is 19.4 Å². The van der Waals surface area contributed by atoms with Gasteiger partial charge < -0.3 is 15.4 Å². The maximum absolute atomic E-state index is 11.7. The molecule has 4 nitrogen and oxygen atoms in total. The van der Waals surface area contributed by atoms with E-state index in [1.165, 1.54) is 0 Å². The highest BCUT2D eigenvalue weighted by Crippen LogP contribution is 2.17. The zero-order chi connectivity index (χ0) is 12.3. The van der Waals surface area contributed by atoms with Crippen LogP contribution in [0.3, 0.4) is 0 Å². The van der Waals surface area contributed by atoms with Crippen LogP contribution in [-0.2, 0) is 4.74 Å². The topological polar surface area (TPSA) is 50.4 Å². The smallest absolute Gasteiger partial charge is 0.319 e. The van der Waals surface area contributed by atoms with E-state index in [0.29, 0.717) is 6.61 Å². The normalized spacial score (nSPS) is 19.1. The molecule has 1 fully saturated rings. The summed E-state index contributed by atoms with van der Waals surface area (Å²) in [5.74, 6) is 0. The van der Waals surface area contributed by atoms with Crippen LogP contribution in [0.5, 0.6) is 0 Å². The van der Waals surface area contributed by atoms with Crippen molar-refractivity contribution in [1.82, 2.24) is 5.32 Å². The minimum absolute atomic E-state index is 0.138. The maximum Gasteiger partial charge on any atom is 0.319 e. The summed E-state index contributed by atoms with van der Waals surface area (Å²) in [4.78, 5) is 11.7. The van der Waals surface area contributed by atoms with Gasteiger partial charge in [0, 0.05) is 15.9 Å². The first-order valence-electron chi connectivity index (χ1n) is 5.56. The molecule has 1 aromatic rings. The molecule has 2 amide bonds. The van der Waals surface area contributed by atoms with E-state index in [-0.39, 0.29) is 12.1 Å². The summed E-state index contributed by atoms with van der Waals surface area (Å²) in [7, 11) is 0. The monoisotopic (exact) mass is 346 g/mol. The Morgan fingerprint density at radius 3 is 3.00 bits per heavy atom. The van der Waals surface area contributed by atoms with Crippen LogP contribution in [0.25, 0.3) is 0 Å². The number of hydrogen-bond donors (Lipinski definition) is 2. The molecule has 17 heavy (non-hydrogen) atoms. The van der Waals surface area contributed by atoms with Crippen molar-refractivity contribution >= 4 is 34.3 Å². The molecule has 1 aliphatic heterocycles. The summed E-state index contributed by atoms with van der Waals surface area (Å²) in [6, 6.07) is 5.90. The van der Waals surface area contributed by atoms with Crippen LogP contribution in [0.4, 0.5) is 10.5 Å². The number of halogens is 1. The zero-order valence-electron chi connectivity index (χ0n) is 9.63. The number of rotatable bonds is 2. The minimum Gasteiger partial charge on any atom is -0.379 e. The van der Waals surface area contributed by atoms with E-state index in [2.05, 4.69) is 33.2 Å². The van der Waals surface area contributed by atoms with Crippen molar-refractivity contribution in [3.63, 3.8) is 0 Å². The quantitative estimate of drug-likeness (QED) is 0.809. The molecule has 1 aromatic carbocycles. The van der Waals surface area contributed by atoms with Crippen molar-refractivity contribution in [2.24, 2.45) is 0 Å². The summed E-state index contributed by atoms with van der Waals surface area (Å²) in [5.41, 5.74) is 1.91. The largest absolute Gasteiger partial charge is 0.379 e. The molecule has 5 heteroatoms. The number of anilines is 1. The third kappa shape index (κ3) is 3.57. The van der Waals surface area contributed by atoms with Gasteiger partial charge in [-0.3, -0.25) is 0 Å². The SMILES string of the molecule is Cc1cc(I)ccc1NC(=O)N[C@@H]1CCOC1. The van der Waals surface area contributed by atoms with Crippen LogP contribution < -0.4 is 10.6 Å². The number of nitrogens with one attached hydrogen (secondary N) is 2. The first-order chi connectivity index (χ1) is 8.15. The molecule has 0 saturated carbocycles. The second-order valence-electron chi connectivity index (χ2n) is 4.12. The lowest BCUT2D eigenvalue weighted by atomic mass is 10.2. The van der Waals surface area contributed by atoms with Gasteiger partial charge in [0.2, 0.25) is 0 Å². The van der Waals surface area contributed by atoms with Gasteiger partial charge in [-0.2, -0.15) is 0 Å². The van der Waals surface area contributed by atoms with Crippen LogP contribution in [0.2, 0.25) is 0 Å². The molecule has 1 heterocycles. The van der Waals surface area contributed by atoms with Crippen LogP contribution in [0.1, 0.15) is 12.0 Å². The lowest BCUT2D eigenvalue weighted by Crippen LogP contribution is -2.38. The summed E-state index contributed by atoms with van der Waals surface area (Å²) in [6.07, 6.45) is 0.888. The van der Waals surface area contributed by atoms with Crippen LogP contribution in [0.15, 0.2) is 18.2 Å². The van der Waals surface area contributed by atoms with Crippen molar-refractivity contribution in [1.29, 1.82) is 0 Å². The predicted octanol–water partition coefficient (Wildman–Crippen LogP) is 2.51. The number of hydrogen-bond acceptors (Lipinski definition) is 2. The van der Waals surface area contributed by atoms with Crippen molar-refractivity contribution < 1.29 is 9.53 Å². The van der Waals surface area contributed by atoms with Gasteiger partial charge in [-0.05, 0) is 59.7 Å². The zero-order valence-corrected chi connectivity index (χ0v) is 11.8. The summed E-state index contributed by atoms with van der Waals surface area (Å²) in [6.45, 7) is 3.32. The molecule has 0 unspecified atom stereocenters. The molecule has 1 atom stereocenters. The Hall–Kier alpha value is -0.820. The second-order valence-corrected chi connectivity index (χ2v) is 5.36. The average molecular weight is 346 g/mol. The van der Waals surface area contributed by atoms with Crippen molar-refractivity contribution in [2.75, 3.05) is 18.5 Å². The number of carbonyl (C=O) groups excluding carboxylic acids is 1. The van der Waals surface area contributed by atoms with E-state index in [1.807, 2.05) is 25.1 Å². The third-order valence-electron chi connectivity index (χ3n) is 2.70. The molecular formula is C12H15IN2O2. The highest BCUT2D eigenvalue weighted by atomic mass is 127. The maximum atomic E-state index is 11.7. The molecule has 0 aliphatic carbocycles. The van der Waals surface area contributed by atoms with E-state index in [4.69, 9.17) is 4.74 Å². The van der Waals surface area contributed by atoms with Gasteiger partial charge in [0.25, 0.3) is 0 Å². The van der Waals surface area contributed by atoms with Gasteiger partial charge in [-0.25, -0.2) is 4.79 Å². The fraction of sp³-hybridized carbons (Fsp3) is 0.417. The van der Waals surface area contributed by atoms with Crippen LogP contribution in [-0.4, -0.2) is 25.3 Å². The first-order valence-corrected chi connectivity index (χ1v) is 6.64. The number of carbonyl (C=O) groups is 1.